The van der Waals surface area contributed by atoms with Gasteiger partial charge >= 0.3 is 0 Å². The molecule has 4 rings (SSSR count). The molecule has 0 fully saturated rings. The standard InChI is InChI=1S/C15H10N2S/c1-2-8-14-11(5-1)12-6-3-7-13(15(12)18-14)17-10-4-9-16-17/h1-10H. The van der Waals surface area contributed by atoms with E-state index in [1.54, 1.807) is 0 Å². The number of aromatic nitrogens is 2. The van der Waals surface area contributed by atoms with Crippen LogP contribution in [0, 0.1) is 0 Å². The fraction of sp³-hybridized carbons (Fsp3) is 0. The third-order valence-electron chi connectivity index (χ3n) is 3.13. The van der Waals surface area contributed by atoms with Crippen LogP contribution < -0.4 is 0 Å². The van der Waals surface area contributed by atoms with Gasteiger partial charge in [-0.3, -0.25) is 0 Å². The molecule has 0 N–H and O–H groups in total. The predicted molar refractivity (Wildman–Crippen MR) is 76.5 cm³/mol. The van der Waals surface area contributed by atoms with Crippen LogP contribution in [-0.2, 0) is 0 Å². The molecule has 0 saturated carbocycles. The quantitative estimate of drug-likeness (QED) is 0.494. The highest BCUT2D eigenvalue weighted by Gasteiger charge is 2.09. The number of thiophene rings is 1. The summed E-state index contributed by atoms with van der Waals surface area (Å²) in [6.45, 7) is 0. The van der Waals surface area contributed by atoms with Gasteiger partial charge in [0.15, 0.2) is 0 Å². The van der Waals surface area contributed by atoms with Gasteiger partial charge in [-0.25, -0.2) is 4.68 Å². The summed E-state index contributed by atoms with van der Waals surface area (Å²) < 4.78 is 4.55. The van der Waals surface area contributed by atoms with Gasteiger partial charge in [-0.05, 0) is 18.2 Å². The molecule has 2 nitrogen and oxygen atoms in total. The molecule has 0 spiro atoms. The van der Waals surface area contributed by atoms with E-state index in [2.05, 4.69) is 47.6 Å². The first-order valence-corrected chi connectivity index (χ1v) is 6.65. The van der Waals surface area contributed by atoms with E-state index >= 15 is 0 Å². The maximum Gasteiger partial charge on any atom is 0.0824 e. The van der Waals surface area contributed by atoms with Crippen molar-refractivity contribution in [3.05, 3.63) is 60.9 Å². The first-order valence-electron chi connectivity index (χ1n) is 5.84. The number of nitrogens with zero attached hydrogens (tertiary/aromatic N) is 2. The minimum absolute atomic E-state index is 1.15. The third kappa shape index (κ3) is 1.31. The summed E-state index contributed by atoms with van der Waals surface area (Å²) in [5, 5.41) is 6.96. The van der Waals surface area contributed by atoms with Crippen LogP contribution in [0.15, 0.2) is 60.9 Å². The topological polar surface area (TPSA) is 17.8 Å². The summed E-state index contributed by atoms with van der Waals surface area (Å²) in [7, 11) is 0. The SMILES string of the molecule is c1ccc2c(c1)sc1c(-n3cccn3)cccc12. The number of hydrogen-bond donors (Lipinski definition) is 0. The zero-order valence-corrected chi connectivity index (χ0v) is 10.4. The molecule has 0 aliphatic heterocycles. The Morgan fingerprint density at radius 3 is 2.67 bits per heavy atom. The van der Waals surface area contributed by atoms with Crippen LogP contribution in [-0.4, -0.2) is 9.78 Å². The van der Waals surface area contributed by atoms with Crippen LogP contribution in [0.3, 0.4) is 0 Å². The minimum atomic E-state index is 1.15. The first-order chi connectivity index (χ1) is 8.93. The normalized spacial score (nSPS) is 11.3. The third-order valence-corrected chi connectivity index (χ3v) is 4.34. The maximum atomic E-state index is 4.33. The molecule has 0 amide bonds. The molecule has 0 bridgehead atoms. The number of hydrogen-bond acceptors (Lipinski definition) is 2. The number of fused-ring (bicyclic) bond motifs is 3. The van der Waals surface area contributed by atoms with Crippen molar-refractivity contribution in [3.8, 4) is 5.69 Å². The highest BCUT2D eigenvalue weighted by molar-refractivity contribution is 7.26. The smallest absolute Gasteiger partial charge is 0.0824 e. The fourth-order valence-corrected chi connectivity index (χ4v) is 3.53. The fourth-order valence-electron chi connectivity index (χ4n) is 2.32. The molecule has 0 aliphatic rings. The zero-order valence-electron chi connectivity index (χ0n) is 9.58. The second-order valence-corrected chi connectivity index (χ2v) is 5.25. The van der Waals surface area contributed by atoms with E-state index in [1.165, 1.54) is 20.2 Å². The maximum absolute atomic E-state index is 4.33. The summed E-state index contributed by atoms with van der Waals surface area (Å²) in [6.07, 6.45) is 3.80. The van der Waals surface area contributed by atoms with Crippen molar-refractivity contribution >= 4 is 31.5 Å². The average molecular weight is 250 g/mol. The van der Waals surface area contributed by atoms with E-state index in [9.17, 15) is 0 Å². The monoisotopic (exact) mass is 250 g/mol. The van der Waals surface area contributed by atoms with E-state index in [4.69, 9.17) is 0 Å². The number of benzene rings is 2. The Labute approximate surface area is 108 Å². The van der Waals surface area contributed by atoms with E-state index in [0.29, 0.717) is 0 Å². The highest BCUT2D eigenvalue weighted by atomic mass is 32.1. The molecular weight excluding hydrogens is 240 g/mol. The molecule has 18 heavy (non-hydrogen) atoms. The van der Waals surface area contributed by atoms with Crippen molar-refractivity contribution in [1.82, 2.24) is 9.78 Å². The molecule has 3 heteroatoms. The molecule has 2 heterocycles. The Balaban J connectivity index is 2.17. The lowest BCUT2D eigenvalue weighted by molar-refractivity contribution is 0.889. The van der Waals surface area contributed by atoms with Crippen LogP contribution >= 0.6 is 11.3 Å². The molecular formula is C15H10N2S. The molecule has 0 radical (unpaired) electrons. The van der Waals surface area contributed by atoms with Crippen LogP contribution in [0.5, 0.6) is 0 Å². The second-order valence-electron chi connectivity index (χ2n) is 4.20. The van der Waals surface area contributed by atoms with Crippen molar-refractivity contribution in [3.63, 3.8) is 0 Å². The Morgan fingerprint density at radius 1 is 0.889 bits per heavy atom. The van der Waals surface area contributed by atoms with Gasteiger partial charge in [0.2, 0.25) is 0 Å². The lowest BCUT2D eigenvalue weighted by Gasteiger charge is -2.02. The first kappa shape index (κ1) is 9.85. The van der Waals surface area contributed by atoms with Crippen LogP contribution in [0.4, 0.5) is 0 Å². The van der Waals surface area contributed by atoms with Gasteiger partial charge in [0.1, 0.15) is 0 Å². The van der Waals surface area contributed by atoms with Gasteiger partial charge in [-0.1, -0.05) is 30.3 Å². The van der Waals surface area contributed by atoms with Crippen molar-refractivity contribution in [2.75, 3.05) is 0 Å². The van der Waals surface area contributed by atoms with E-state index in [-0.39, 0.29) is 0 Å². The van der Waals surface area contributed by atoms with Gasteiger partial charge in [0.25, 0.3) is 0 Å². The molecule has 0 aliphatic carbocycles. The number of rotatable bonds is 1. The summed E-state index contributed by atoms with van der Waals surface area (Å²) >= 11 is 1.83. The Morgan fingerprint density at radius 2 is 1.78 bits per heavy atom. The van der Waals surface area contributed by atoms with Crippen molar-refractivity contribution in [1.29, 1.82) is 0 Å². The van der Waals surface area contributed by atoms with Gasteiger partial charge < -0.3 is 0 Å². The van der Waals surface area contributed by atoms with Crippen LogP contribution in [0.1, 0.15) is 0 Å². The minimum Gasteiger partial charge on any atom is -0.240 e. The highest BCUT2D eigenvalue weighted by Crippen LogP contribution is 2.36. The van der Waals surface area contributed by atoms with Crippen LogP contribution in [0.25, 0.3) is 25.9 Å². The lowest BCUT2D eigenvalue weighted by atomic mass is 10.1. The van der Waals surface area contributed by atoms with Crippen molar-refractivity contribution < 1.29 is 0 Å². The Kier molecular flexibility index (Phi) is 2.02. The lowest BCUT2D eigenvalue weighted by Crippen LogP contribution is -1.93. The molecule has 0 unspecified atom stereocenters. The van der Waals surface area contributed by atoms with E-state index in [0.717, 1.165) is 5.69 Å². The predicted octanol–water partition coefficient (Wildman–Crippen LogP) is 4.24. The molecule has 0 atom stereocenters. The molecule has 2 aromatic heterocycles. The summed E-state index contributed by atoms with van der Waals surface area (Å²) in [5.74, 6) is 0. The summed E-state index contributed by atoms with van der Waals surface area (Å²) in [4.78, 5) is 0. The molecule has 86 valence electrons. The van der Waals surface area contributed by atoms with Gasteiger partial charge in [-0.2, -0.15) is 5.10 Å². The Bertz CT molecular complexity index is 828. The van der Waals surface area contributed by atoms with E-state index in [1.807, 2.05) is 34.5 Å². The van der Waals surface area contributed by atoms with Crippen LogP contribution in [0.2, 0.25) is 0 Å². The van der Waals surface area contributed by atoms with Crippen molar-refractivity contribution in [2.24, 2.45) is 0 Å². The summed E-state index contributed by atoms with van der Waals surface area (Å²) in [5.41, 5.74) is 1.15. The summed E-state index contributed by atoms with van der Waals surface area (Å²) in [6, 6.07) is 16.9. The van der Waals surface area contributed by atoms with Gasteiger partial charge in [-0.15, -0.1) is 11.3 Å². The molecule has 0 saturated heterocycles. The van der Waals surface area contributed by atoms with Gasteiger partial charge in [0.05, 0.1) is 10.4 Å². The van der Waals surface area contributed by atoms with E-state index < -0.39 is 0 Å². The van der Waals surface area contributed by atoms with Gasteiger partial charge in [0, 0.05) is 27.9 Å². The largest absolute Gasteiger partial charge is 0.240 e. The zero-order chi connectivity index (χ0) is 11.9. The molecule has 4 aromatic rings. The van der Waals surface area contributed by atoms with Crippen molar-refractivity contribution in [2.45, 2.75) is 0 Å². The Hall–Kier alpha value is -2.13. The molecule has 2 aromatic carbocycles. The average Bonchev–Trinajstić information content (AvgIpc) is 3.05. The second kappa shape index (κ2) is 3.68.